The molecule has 0 aliphatic heterocycles. The maximum atomic E-state index is 12.2. The number of nitrogens with one attached hydrogen (secondary N) is 1. The first-order valence-electron chi connectivity index (χ1n) is 6.38. The number of aromatic nitrogens is 1. The number of amides is 1. The molecule has 21 heavy (non-hydrogen) atoms. The van der Waals surface area contributed by atoms with Crippen LogP contribution >= 0.6 is 23.2 Å². The summed E-state index contributed by atoms with van der Waals surface area (Å²) in [5.41, 5.74) is 1.82. The molecule has 0 spiro atoms. The monoisotopic (exact) mass is 324 g/mol. The SMILES string of the molecule is CCOc1ccc(NC(=O)c2ccncc2Cl)cc1CCl. The molecule has 1 aromatic heterocycles. The van der Waals surface area contributed by atoms with Crippen LogP contribution < -0.4 is 10.1 Å². The lowest BCUT2D eigenvalue weighted by molar-refractivity contribution is 0.102. The zero-order chi connectivity index (χ0) is 15.2. The molecule has 1 amide bonds. The minimum absolute atomic E-state index is 0.299. The molecule has 0 bridgehead atoms. The molecule has 0 radical (unpaired) electrons. The predicted octanol–water partition coefficient (Wildman–Crippen LogP) is 4.12. The van der Waals surface area contributed by atoms with Crippen molar-refractivity contribution in [3.63, 3.8) is 0 Å². The lowest BCUT2D eigenvalue weighted by Gasteiger charge is -2.11. The Morgan fingerprint density at radius 1 is 1.38 bits per heavy atom. The molecule has 0 unspecified atom stereocenters. The van der Waals surface area contributed by atoms with Crippen LogP contribution in [0.25, 0.3) is 0 Å². The van der Waals surface area contributed by atoms with Gasteiger partial charge in [-0.25, -0.2) is 0 Å². The van der Waals surface area contributed by atoms with E-state index >= 15 is 0 Å². The van der Waals surface area contributed by atoms with Crippen LogP contribution in [0.3, 0.4) is 0 Å². The van der Waals surface area contributed by atoms with Crippen molar-refractivity contribution in [1.82, 2.24) is 4.98 Å². The van der Waals surface area contributed by atoms with E-state index in [1.807, 2.05) is 6.92 Å². The van der Waals surface area contributed by atoms with Gasteiger partial charge in [0.1, 0.15) is 5.75 Å². The van der Waals surface area contributed by atoms with Crippen LogP contribution in [0, 0.1) is 0 Å². The number of benzene rings is 1. The molecule has 1 aromatic carbocycles. The summed E-state index contributed by atoms with van der Waals surface area (Å²) < 4.78 is 5.47. The van der Waals surface area contributed by atoms with E-state index in [0.717, 1.165) is 5.56 Å². The third kappa shape index (κ3) is 3.86. The van der Waals surface area contributed by atoms with Gasteiger partial charge in [-0.1, -0.05) is 11.6 Å². The summed E-state index contributed by atoms with van der Waals surface area (Å²) in [4.78, 5) is 16.0. The number of alkyl halides is 1. The van der Waals surface area contributed by atoms with E-state index in [1.54, 1.807) is 24.3 Å². The van der Waals surface area contributed by atoms with E-state index < -0.39 is 0 Å². The Labute approximate surface area is 133 Å². The van der Waals surface area contributed by atoms with Crippen molar-refractivity contribution in [2.24, 2.45) is 0 Å². The largest absolute Gasteiger partial charge is 0.494 e. The number of hydrogen-bond donors (Lipinski definition) is 1. The average Bonchev–Trinajstić information content (AvgIpc) is 2.49. The Morgan fingerprint density at radius 2 is 2.19 bits per heavy atom. The molecule has 6 heteroatoms. The molecule has 2 aromatic rings. The van der Waals surface area contributed by atoms with Gasteiger partial charge in [0.15, 0.2) is 0 Å². The van der Waals surface area contributed by atoms with Gasteiger partial charge >= 0.3 is 0 Å². The fourth-order valence-electron chi connectivity index (χ4n) is 1.82. The maximum absolute atomic E-state index is 12.2. The molecule has 0 saturated heterocycles. The molecule has 2 rings (SSSR count). The molecule has 0 atom stereocenters. The highest BCUT2D eigenvalue weighted by molar-refractivity contribution is 6.34. The first-order chi connectivity index (χ1) is 10.2. The number of ether oxygens (including phenoxy) is 1. The summed E-state index contributed by atoms with van der Waals surface area (Å²) in [6, 6.07) is 6.89. The van der Waals surface area contributed by atoms with Crippen molar-refractivity contribution >= 4 is 34.8 Å². The van der Waals surface area contributed by atoms with Gasteiger partial charge < -0.3 is 10.1 Å². The fraction of sp³-hybridized carbons (Fsp3) is 0.200. The van der Waals surface area contributed by atoms with E-state index in [9.17, 15) is 4.79 Å². The summed E-state index contributed by atoms with van der Waals surface area (Å²) in [7, 11) is 0. The van der Waals surface area contributed by atoms with Gasteiger partial charge in [0.2, 0.25) is 0 Å². The zero-order valence-electron chi connectivity index (χ0n) is 11.4. The summed E-state index contributed by atoms with van der Waals surface area (Å²) >= 11 is 11.8. The highest BCUT2D eigenvalue weighted by Crippen LogP contribution is 2.25. The third-order valence-corrected chi connectivity index (χ3v) is 3.37. The highest BCUT2D eigenvalue weighted by Gasteiger charge is 2.11. The van der Waals surface area contributed by atoms with Crippen LogP contribution in [-0.4, -0.2) is 17.5 Å². The normalized spacial score (nSPS) is 10.2. The van der Waals surface area contributed by atoms with Crippen LogP contribution in [0.15, 0.2) is 36.7 Å². The van der Waals surface area contributed by atoms with Crippen LogP contribution in [0.4, 0.5) is 5.69 Å². The molecular weight excluding hydrogens is 311 g/mol. The van der Waals surface area contributed by atoms with Gasteiger partial charge in [-0.2, -0.15) is 0 Å². The number of anilines is 1. The number of halogens is 2. The predicted molar refractivity (Wildman–Crippen MR) is 84.4 cm³/mol. The smallest absolute Gasteiger partial charge is 0.257 e. The van der Waals surface area contributed by atoms with Crippen molar-refractivity contribution in [3.8, 4) is 5.75 Å². The van der Waals surface area contributed by atoms with E-state index in [4.69, 9.17) is 27.9 Å². The number of pyridine rings is 1. The van der Waals surface area contributed by atoms with E-state index in [-0.39, 0.29) is 5.91 Å². The lowest BCUT2D eigenvalue weighted by atomic mass is 10.2. The van der Waals surface area contributed by atoms with Gasteiger partial charge in [-0.15, -0.1) is 11.6 Å². The van der Waals surface area contributed by atoms with Gasteiger partial charge in [-0.3, -0.25) is 9.78 Å². The number of carbonyl (C=O) groups excluding carboxylic acids is 1. The van der Waals surface area contributed by atoms with Crippen molar-refractivity contribution < 1.29 is 9.53 Å². The second kappa shape index (κ2) is 7.29. The van der Waals surface area contributed by atoms with Crippen LogP contribution in [0.2, 0.25) is 5.02 Å². The summed E-state index contributed by atoms with van der Waals surface area (Å²) in [5.74, 6) is 0.717. The topological polar surface area (TPSA) is 51.2 Å². The van der Waals surface area contributed by atoms with Crippen LogP contribution in [0.1, 0.15) is 22.8 Å². The lowest BCUT2D eigenvalue weighted by Crippen LogP contribution is -2.12. The van der Waals surface area contributed by atoms with E-state index in [2.05, 4.69) is 10.3 Å². The van der Waals surface area contributed by atoms with Crippen LogP contribution in [-0.2, 0) is 5.88 Å². The highest BCUT2D eigenvalue weighted by atomic mass is 35.5. The maximum Gasteiger partial charge on any atom is 0.257 e. The number of nitrogens with zero attached hydrogens (tertiary/aromatic N) is 1. The summed E-state index contributed by atoms with van der Waals surface area (Å²) in [6.07, 6.45) is 2.95. The van der Waals surface area contributed by atoms with Crippen molar-refractivity contribution in [3.05, 3.63) is 52.8 Å². The molecule has 4 nitrogen and oxygen atoms in total. The second-order valence-corrected chi connectivity index (χ2v) is 4.87. The summed E-state index contributed by atoms with van der Waals surface area (Å²) in [5, 5.41) is 3.08. The van der Waals surface area contributed by atoms with Crippen molar-refractivity contribution in [2.75, 3.05) is 11.9 Å². The quantitative estimate of drug-likeness (QED) is 0.841. The standard InChI is InChI=1S/C15H14Cl2N2O2/c1-2-21-14-4-3-11(7-10(14)8-16)19-15(20)12-5-6-18-9-13(12)17/h3-7,9H,2,8H2,1H3,(H,19,20). The van der Waals surface area contributed by atoms with Gasteiger partial charge in [0.25, 0.3) is 5.91 Å². The Kier molecular flexibility index (Phi) is 5.42. The molecule has 1 heterocycles. The minimum atomic E-state index is -0.299. The molecule has 0 fully saturated rings. The molecule has 110 valence electrons. The van der Waals surface area contributed by atoms with Gasteiger partial charge in [-0.05, 0) is 31.2 Å². The molecule has 0 saturated carbocycles. The first-order valence-corrected chi connectivity index (χ1v) is 7.29. The second-order valence-electron chi connectivity index (χ2n) is 4.20. The molecular formula is C15H14Cl2N2O2. The van der Waals surface area contributed by atoms with Gasteiger partial charge in [0.05, 0.1) is 23.1 Å². The summed E-state index contributed by atoms with van der Waals surface area (Å²) in [6.45, 7) is 2.46. The number of carbonyl (C=O) groups is 1. The Balaban J connectivity index is 2.20. The molecule has 0 aliphatic carbocycles. The number of rotatable bonds is 5. The Bertz CT molecular complexity index is 647. The minimum Gasteiger partial charge on any atom is -0.494 e. The number of hydrogen-bond acceptors (Lipinski definition) is 3. The Morgan fingerprint density at radius 3 is 2.86 bits per heavy atom. The third-order valence-electron chi connectivity index (χ3n) is 2.78. The van der Waals surface area contributed by atoms with Gasteiger partial charge in [0, 0.05) is 23.6 Å². The first kappa shape index (κ1) is 15.6. The zero-order valence-corrected chi connectivity index (χ0v) is 12.9. The molecule has 1 N–H and O–H groups in total. The Hall–Kier alpha value is -1.78. The van der Waals surface area contributed by atoms with E-state index in [1.165, 1.54) is 12.4 Å². The van der Waals surface area contributed by atoms with Crippen molar-refractivity contribution in [1.29, 1.82) is 0 Å². The average molecular weight is 325 g/mol. The van der Waals surface area contributed by atoms with Crippen molar-refractivity contribution in [2.45, 2.75) is 12.8 Å². The fourth-order valence-corrected chi connectivity index (χ4v) is 2.23. The van der Waals surface area contributed by atoms with E-state index in [0.29, 0.717) is 34.5 Å². The van der Waals surface area contributed by atoms with Crippen LogP contribution in [0.5, 0.6) is 5.75 Å². The molecule has 0 aliphatic rings.